The number of rotatable bonds is 6. The summed E-state index contributed by atoms with van der Waals surface area (Å²) in [5.41, 5.74) is 1.98. The molecule has 0 atom stereocenters. The van der Waals surface area contributed by atoms with Gasteiger partial charge in [-0.05, 0) is 46.5 Å². The Morgan fingerprint density at radius 2 is 0.514 bits per heavy atom. The number of carbonyl (C=O) groups is 4. The number of carboxylic acid groups (broad SMARTS) is 4. The number of benzene rings is 4. The second-order valence-electron chi connectivity index (χ2n) is 7.40. The first kappa shape index (κ1) is 28.9. The molecule has 8 nitrogen and oxygen atoms in total. The van der Waals surface area contributed by atoms with Gasteiger partial charge in [-0.3, -0.25) is 0 Å². The molecule has 0 amide bonds. The van der Waals surface area contributed by atoms with Crippen LogP contribution in [-0.2, 0) is 26.2 Å². The molecular formula is C28H20O8Zr. The van der Waals surface area contributed by atoms with Crippen LogP contribution in [0.4, 0.5) is 0 Å². The zero-order chi connectivity index (χ0) is 26.2. The van der Waals surface area contributed by atoms with Gasteiger partial charge in [-0.25, -0.2) is 19.2 Å². The molecule has 0 saturated heterocycles. The Bertz CT molecular complexity index is 1240. The van der Waals surface area contributed by atoms with E-state index in [1.807, 2.05) is 0 Å². The minimum Gasteiger partial charge on any atom is -0.478 e. The topological polar surface area (TPSA) is 149 Å². The van der Waals surface area contributed by atoms with Crippen molar-refractivity contribution >= 4 is 23.9 Å². The molecule has 0 aliphatic carbocycles. The number of aromatic carboxylic acids is 4. The molecule has 0 aliphatic heterocycles. The van der Waals surface area contributed by atoms with Gasteiger partial charge in [0, 0.05) is 26.2 Å². The fraction of sp³-hybridized carbons (Fsp3) is 0. The van der Waals surface area contributed by atoms with Crippen molar-refractivity contribution in [2.75, 3.05) is 0 Å². The third-order valence-corrected chi connectivity index (χ3v) is 5.21. The van der Waals surface area contributed by atoms with Gasteiger partial charge in [0.25, 0.3) is 0 Å². The molecule has 0 saturated carbocycles. The molecule has 0 aromatic heterocycles. The number of hydrogen-bond donors (Lipinski definition) is 4. The summed E-state index contributed by atoms with van der Waals surface area (Å²) in [7, 11) is 0. The summed E-state index contributed by atoms with van der Waals surface area (Å²) in [5.74, 6) is -4.31. The van der Waals surface area contributed by atoms with Crippen molar-refractivity contribution in [3.05, 3.63) is 119 Å². The van der Waals surface area contributed by atoms with Gasteiger partial charge in [0.2, 0.25) is 0 Å². The normalized spacial score (nSPS) is 9.73. The molecule has 184 valence electrons. The molecule has 4 rings (SSSR count). The third kappa shape index (κ3) is 6.86. The van der Waals surface area contributed by atoms with Crippen LogP contribution < -0.4 is 0 Å². The van der Waals surface area contributed by atoms with E-state index in [4.69, 9.17) is 20.4 Å². The maximum Gasteiger partial charge on any atom is 0.336 e. The van der Waals surface area contributed by atoms with Gasteiger partial charge in [0.05, 0.1) is 22.3 Å². The average Bonchev–Trinajstić information content (AvgIpc) is 2.89. The van der Waals surface area contributed by atoms with Crippen molar-refractivity contribution < 1.29 is 65.8 Å². The monoisotopic (exact) mass is 574 g/mol. The van der Waals surface area contributed by atoms with E-state index in [1.54, 1.807) is 72.8 Å². The summed E-state index contributed by atoms with van der Waals surface area (Å²) in [6.07, 6.45) is 0. The summed E-state index contributed by atoms with van der Waals surface area (Å²) in [6, 6.07) is 25.4. The molecule has 4 N–H and O–H groups in total. The minimum atomic E-state index is -1.08. The van der Waals surface area contributed by atoms with Crippen LogP contribution in [0.15, 0.2) is 97.1 Å². The molecule has 9 heteroatoms. The van der Waals surface area contributed by atoms with Crippen LogP contribution in [0.2, 0.25) is 0 Å². The van der Waals surface area contributed by atoms with E-state index in [1.165, 1.54) is 24.3 Å². The molecular weight excluding hydrogens is 556 g/mol. The first-order chi connectivity index (χ1) is 17.2. The van der Waals surface area contributed by atoms with Crippen molar-refractivity contribution in [1.29, 1.82) is 0 Å². The standard InChI is InChI=1S/2C14H10O4.Zr/c2*15-13(16)11-7-3-1-5-9(11)10-6-2-4-8-12(10)14(17)18;/h2*1-8H,(H,15,16)(H,17,18);. The van der Waals surface area contributed by atoms with Crippen molar-refractivity contribution in [2.45, 2.75) is 0 Å². The van der Waals surface area contributed by atoms with E-state index in [0.717, 1.165) is 0 Å². The van der Waals surface area contributed by atoms with E-state index < -0.39 is 23.9 Å². The summed E-state index contributed by atoms with van der Waals surface area (Å²) < 4.78 is 0. The van der Waals surface area contributed by atoms with Crippen LogP contribution in [-0.4, -0.2) is 44.3 Å². The second kappa shape index (κ2) is 13.1. The van der Waals surface area contributed by atoms with E-state index in [-0.39, 0.29) is 48.5 Å². The van der Waals surface area contributed by atoms with Gasteiger partial charge in [-0.1, -0.05) is 72.8 Å². The number of hydrogen-bond acceptors (Lipinski definition) is 4. The van der Waals surface area contributed by atoms with Crippen molar-refractivity contribution in [3.8, 4) is 22.3 Å². The molecule has 0 radical (unpaired) electrons. The van der Waals surface area contributed by atoms with E-state index >= 15 is 0 Å². The molecule has 0 unspecified atom stereocenters. The Morgan fingerprint density at radius 1 is 0.351 bits per heavy atom. The maximum absolute atomic E-state index is 11.1. The second-order valence-corrected chi connectivity index (χ2v) is 7.40. The quantitative estimate of drug-likeness (QED) is 0.236. The zero-order valence-electron chi connectivity index (χ0n) is 19.2. The predicted molar refractivity (Wildman–Crippen MR) is 132 cm³/mol. The van der Waals surface area contributed by atoms with Crippen LogP contribution in [0.3, 0.4) is 0 Å². The van der Waals surface area contributed by atoms with E-state index in [0.29, 0.717) is 22.3 Å². The van der Waals surface area contributed by atoms with Crippen LogP contribution >= 0.6 is 0 Å². The molecule has 4 aromatic rings. The van der Waals surface area contributed by atoms with Gasteiger partial charge in [-0.2, -0.15) is 0 Å². The van der Waals surface area contributed by atoms with Crippen molar-refractivity contribution in [3.63, 3.8) is 0 Å². The average molecular weight is 576 g/mol. The van der Waals surface area contributed by atoms with Crippen LogP contribution in [0.1, 0.15) is 41.4 Å². The Morgan fingerprint density at radius 3 is 0.676 bits per heavy atom. The van der Waals surface area contributed by atoms with E-state index in [9.17, 15) is 19.2 Å². The summed E-state index contributed by atoms with van der Waals surface area (Å²) in [6.45, 7) is 0. The van der Waals surface area contributed by atoms with Gasteiger partial charge in [-0.15, -0.1) is 0 Å². The van der Waals surface area contributed by atoms with Crippen molar-refractivity contribution in [1.82, 2.24) is 0 Å². The van der Waals surface area contributed by atoms with Crippen molar-refractivity contribution in [2.24, 2.45) is 0 Å². The van der Waals surface area contributed by atoms with Gasteiger partial charge >= 0.3 is 23.9 Å². The molecule has 37 heavy (non-hydrogen) atoms. The first-order valence-electron chi connectivity index (χ1n) is 10.5. The predicted octanol–water partition coefficient (Wildman–Crippen LogP) is 5.50. The van der Waals surface area contributed by atoms with Gasteiger partial charge in [0.1, 0.15) is 0 Å². The summed E-state index contributed by atoms with van der Waals surface area (Å²) in [5, 5.41) is 36.4. The first-order valence-corrected chi connectivity index (χ1v) is 10.5. The Balaban J connectivity index is 0.000000253. The largest absolute Gasteiger partial charge is 0.478 e. The minimum absolute atomic E-state index is 0. The van der Waals surface area contributed by atoms with Crippen LogP contribution in [0.5, 0.6) is 0 Å². The van der Waals surface area contributed by atoms with E-state index in [2.05, 4.69) is 0 Å². The summed E-state index contributed by atoms with van der Waals surface area (Å²) in [4.78, 5) is 44.5. The zero-order valence-corrected chi connectivity index (χ0v) is 21.6. The Hall–Kier alpha value is -4.36. The fourth-order valence-corrected chi connectivity index (χ4v) is 3.62. The van der Waals surface area contributed by atoms with Gasteiger partial charge < -0.3 is 20.4 Å². The molecule has 0 spiro atoms. The van der Waals surface area contributed by atoms with Gasteiger partial charge in [0.15, 0.2) is 0 Å². The van der Waals surface area contributed by atoms with Crippen LogP contribution in [0, 0.1) is 0 Å². The Kier molecular flexibility index (Phi) is 10.2. The maximum atomic E-state index is 11.1. The molecule has 4 aromatic carbocycles. The SMILES string of the molecule is O=C(O)c1ccccc1-c1ccccc1C(=O)O.O=C(O)c1ccccc1-c1ccccc1C(=O)O.[Zr]. The Labute approximate surface area is 230 Å². The van der Waals surface area contributed by atoms with Crippen LogP contribution in [0.25, 0.3) is 22.3 Å². The summed E-state index contributed by atoms with van der Waals surface area (Å²) >= 11 is 0. The smallest absolute Gasteiger partial charge is 0.336 e. The third-order valence-electron chi connectivity index (χ3n) is 5.21. The molecule has 0 aliphatic rings. The number of carboxylic acids is 4. The molecule has 0 bridgehead atoms. The molecule has 0 fully saturated rings. The molecule has 0 heterocycles. The fourth-order valence-electron chi connectivity index (χ4n) is 3.62.